The van der Waals surface area contributed by atoms with E-state index in [0.717, 1.165) is 16.5 Å². The summed E-state index contributed by atoms with van der Waals surface area (Å²) >= 11 is 0. The first-order chi connectivity index (χ1) is 9.69. The zero-order valence-electron chi connectivity index (χ0n) is 11.3. The van der Waals surface area contributed by atoms with Gasteiger partial charge >= 0.3 is 0 Å². The van der Waals surface area contributed by atoms with Crippen molar-refractivity contribution in [1.82, 2.24) is 14.3 Å². The summed E-state index contributed by atoms with van der Waals surface area (Å²) in [6, 6.07) is 9.71. The Bertz CT molecular complexity index is 816. The number of rotatable bonds is 3. The fraction of sp³-hybridized carbons (Fsp3) is 0.200. The molecule has 5 heteroatoms. The van der Waals surface area contributed by atoms with Crippen LogP contribution in [0.5, 0.6) is 0 Å². The average Bonchev–Trinajstić information content (AvgIpc) is 2.87. The lowest BCUT2D eigenvalue weighted by Crippen LogP contribution is -2.26. The molecule has 0 radical (unpaired) electrons. The number of para-hydroxylation sites is 1. The van der Waals surface area contributed by atoms with Gasteiger partial charge in [0.15, 0.2) is 0 Å². The zero-order valence-corrected chi connectivity index (χ0v) is 11.3. The summed E-state index contributed by atoms with van der Waals surface area (Å²) in [6.45, 7) is 0.748. The molecule has 0 atom stereocenters. The van der Waals surface area contributed by atoms with E-state index in [1.54, 1.807) is 15.4 Å². The van der Waals surface area contributed by atoms with Gasteiger partial charge in [0, 0.05) is 30.9 Å². The molecule has 0 spiro atoms. The van der Waals surface area contributed by atoms with Gasteiger partial charge in [-0.15, -0.1) is 0 Å². The SMILES string of the molecule is Cn1cc(Cn2c(=O)c(CN)cc3ccccc32)cn1. The van der Waals surface area contributed by atoms with Gasteiger partial charge in [-0.05, 0) is 17.5 Å². The van der Waals surface area contributed by atoms with Crippen LogP contribution in [0, 0.1) is 0 Å². The Labute approximate surface area is 116 Å². The van der Waals surface area contributed by atoms with Gasteiger partial charge in [0.1, 0.15) is 0 Å². The number of nitrogens with zero attached hydrogens (tertiary/aromatic N) is 3. The Balaban J connectivity index is 2.21. The molecule has 5 nitrogen and oxygen atoms in total. The quantitative estimate of drug-likeness (QED) is 0.777. The van der Waals surface area contributed by atoms with Crippen molar-refractivity contribution in [3.05, 3.63) is 64.2 Å². The maximum Gasteiger partial charge on any atom is 0.255 e. The highest BCUT2D eigenvalue weighted by Crippen LogP contribution is 2.14. The van der Waals surface area contributed by atoms with E-state index in [0.29, 0.717) is 12.1 Å². The molecule has 3 aromatic rings. The number of aryl methyl sites for hydroxylation is 1. The summed E-state index contributed by atoms with van der Waals surface area (Å²) in [6.07, 6.45) is 3.69. The monoisotopic (exact) mass is 268 g/mol. The van der Waals surface area contributed by atoms with E-state index in [9.17, 15) is 4.79 Å². The van der Waals surface area contributed by atoms with Gasteiger partial charge in [-0.3, -0.25) is 9.48 Å². The summed E-state index contributed by atoms with van der Waals surface area (Å²) in [5.74, 6) is 0. The van der Waals surface area contributed by atoms with Crippen LogP contribution >= 0.6 is 0 Å². The first-order valence-electron chi connectivity index (χ1n) is 6.48. The minimum atomic E-state index is -0.0324. The van der Waals surface area contributed by atoms with Gasteiger partial charge < -0.3 is 10.3 Å². The number of hydrogen-bond donors (Lipinski definition) is 1. The van der Waals surface area contributed by atoms with Crippen molar-refractivity contribution in [2.45, 2.75) is 13.1 Å². The Kier molecular flexibility index (Phi) is 3.12. The lowest BCUT2D eigenvalue weighted by Gasteiger charge is -2.11. The Morgan fingerprint density at radius 1 is 1.30 bits per heavy atom. The zero-order chi connectivity index (χ0) is 14.1. The molecule has 2 aromatic heterocycles. The molecular weight excluding hydrogens is 252 g/mol. The standard InChI is InChI=1S/C15H16N4O/c1-18-9-11(8-17-18)10-19-14-5-3-2-4-12(14)6-13(7-16)15(19)20/h2-6,8-9H,7,10,16H2,1H3. The van der Waals surface area contributed by atoms with Crippen LogP contribution in [0.4, 0.5) is 0 Å². The lowest BCUT2D eigenvalue weighted by atomic mass is 10.1. The summed E-state index contributed by atoms with van der Waals surface area (Å²) < 4.78 is 3.49. The third-order valence-corrected chi connectivity index (χ3v) is 3.40. The average molecular weight is 268 g/mol. The fourth-order valence-electron chi connectivity index (χ4n) is 2.43. The summed E-state index contributed by atoms with van der Waals surface area (Å²) in [5.41, 5.74) is 8.19. The molecule has 2 heterocycles. The van der Waals surface area contributed by atoms with Crippen LogP contribution in [0.3, 0.4) is 0 Å². The molecule has 0 bridgehead atoms. The molecule has 0 unspecified atom stereocenters. The highest BCUT2D eigenvalue weighted by molar-refractivity contribution is 5.79. The predicted octanol–water partition coefficient (Wildman–Crippen LogP) is 1.24. The van der Waals surface area contributed by atoms with E-state index >= 15 is 0 Å². The highest BCUT2D eigenvalue weighted by atomic mass is 16.1. The Hall–Kier alpha value is -2.40. The first kappa shape index (κ1) is 12.6. The van der Waals surface area contributed by atoms with Crippen molar-refractivity contribution in [1.29, 1.82) is 0 Å². The van der Waals surface area contributed by atoms with Crippen molar-refractivity contribution in [2.75, 3.05) is 0 Å². The van der Waals surface area contributed by atoms with E-state index in [1.807, 2.05) is 43.6 Å². The van der Waals surface area contributed by atoms with Crippen molar-refractivity contribution in [2.24, 2.45) is 12.8 Å². The van der Waals surface area contributed by atoms with Gasteiger partial charge in [-0.2, -0.15) is 5.10 Å². The molecule has 0 fully saturated rings. The molecule has 0 aliphatic heterocycles. The van der Waals surface area contributed by atoms with E-state index in [1.165, 1.54) is 0 Å². The van der Waals surface area contributed by atoms with Gasteiger partial charge in [-0.1, -0.05) is 18.2 Å². The summed E-state index contributed by atoms with van der Waals surface area (Å²) in [4.78, 5) is 12.5. The largest absolute Gasteiger partial charge is 0.326 e. The summed E-state index contributed by atoms with van der Waals surface area (Å²) in [7, 11) is 1.86. The normalized spacial score (nSPS) is 11.1. The molecular formula is C15H16N4O. The van der Waals surface area contributed by atoms with Crippen LogP contribution < -0.4 is 11.3 Å². The number of benzene rings is 1. The first-order valence-corrected chi connectivity index (χ1v) is 6.48. The minimum absolute atomic E-state index is 0.0324. The summed E-state index contributed by atoms with van der Waals surface area (Å²) in [5, 5.41) is 5.17. The van der Waals surface area contributed by atoms with Crippen LogP contribution in [0.1, 0.15) is 11.1 Å². The van der Waals surface area contributed by atoms with Crippen molar-refractivity contribution in [3.63, 3.8) is 0 Å². The molecule has 20 heavy (non-hydrogen) atoms. The van der Waals surface area contributed by atoms with Crippen LogP contribution in [-0.4, -0.2) is 14.3 Å². The van der Waals surface area contributed by atoms with Gasteiger partial charge in [0.25, 0.3) is 5.56 Å². The molecule has 1 aromatic carbocycles. The van der Waals surface area contributed by atoms with Gasteiger partial charge in [0.2, 0.25) is 0 Å². The molecule has 0 saturated heterocycles. The van der Waals surface area contributed by atoms with Gasteiger partial charge in [0.05, 0.1) is 18.3 Å². The topological polar surface area (TPSA) is 65.8 Å². The van der Waals surface area contributed by atoms with Crippen LogP contribution in [-0.2, 0) is 20.1 Å². The fourth-order valence-corrected chi connectivity index (χ4v) is 2.43. The van der Waals surface area contributed by atoms with Crippen LogP contribution in [0.2, 0.25) is 0 Å². The number of pyridine rings is 1. The molecule has 0 aliphatic carbocycles. The molecule has 102 valence electrons. The molecule has 3 rings (SSSR count). The number of fused-ring (bicyclic) bond motifs is 1. The Morgan fingerprint density at radius 2 is 2.10 bits per heavy atom. The third-order valence-electron chi connectivity index (χ3n) is 3.40. The van der Waals surface area contributed by atoms with Crippen molar-refractivity contribution in [3.8, 4) is 0 Å². The smallest absolute Gasteiger partial charge is 0.255 e. The Morgan fingerprint density at radius 3 is 2.80 bits per heavy atom. The van der Waals surface area contributed by atoms with E-state index < -0.39 is 0 Å². The van der Waals surface area contributed by atoms with Gasteiger partial charge in [-0.25, -0.2) is 0 Å². The molecule has 0 amide bonds. The van der Waals surface area contributed by atoms with E-state index in [4.69, 9.17) is 5.73 Å². The molecule has 0 saturated carbocycles. The highest BCUT2D eigenvalue weighted by Gasteiger charge is 2.09. The lowest BCUT2D eigenvalue weighted by molar-refractivity contribution is 0.758. The maximum absolute atomic E-state index is 12.5. The second-order valence-corrected chi connectivity index (χ2v) is 4.85. The molecule has 0 aliphatic rings. The second-order valence-electron chi connectivity index (χ2n) is 4.85. The maximum atomic E-state index is 12.5. The van der Waals surface area contributed by atoms with Crippen LogP contribution in [0.25, 0.3) is 10.9 Å². The minimum Gasteiger partial charge on any atom is -0.326 e. The van der Waals surface area contributed by atoms with Crippen molar-refractivity contribution < 1.29 is 0 Å². The van der Waals surface area contributed by atoms with Crippen molar-refractivity contribution >= 4 is 10.9 Å². The van der Waals surface area contributed by atoms with Crippen LogP contribution in [0.15, 0.2) is 47.5 Å². The van der Waals surface area contributed by atoms with E-state index in [2.05, 4.69) is 5.10 Å². The third kappa shape index (κ3) is 2.12. The second kappa shape index (κ2) is 4.94. The number of hydrogen-bond acceptors (Lipinski definition) is 3. The number of aromatic nitrogens is 3. The number of nitrogens with two attached hydrogens (primary N) is 1. The molecule has 2 N–H and O–H groups in total. The van der Waals surface area contributed by atoms with E-state index in [-0.39, 0.29) is 12.1 Å². The predicted molar refractivity (Wildman–Crippen MR) is 78.4 cm³/mol.